The fraction of sp³-hybridized carbons (Fsp3) is 0.308. The van der Waals surface area contributed by atoms with Gasteiger partial charge in [-0.15, -0.1) is 11.8 Å². The van der Waals surface area contributed by atoms with Crippen LogP contribution in [0.15, 0.2) is 17.2 Å². The second-order valence-electron chi connectivity index (χ2n) is 3.96. The number of hydrogen-bond acceptors (Lipinski definition) is 2. The molecule has 0 radical (unpaired) electrons. The number of fused-ring (bicyclic) bond motifs is 1. The maximum atomic E-state index is 9.33. The number of thioether (sulfide) groups is 1. The average molecular weight is 230 g/mol. The molecule has 0 aliphatic carbocycles. The highest BCUT2D eigenvalue weighted by Crippen LogP contribution is 2.34. The van der Waals surface area contributed by atoms with Crippen molar-refractivity contribution in [3.63, 3.8) is 0 Å². The summed E-state index contributed by atoms with van der Waals surface area (Å²) in [4.78, 5) is 1.11. The van der Waals surface area contributed by atoms with Crippen molar-refractivity contribution in [2.24, 2.45) is 7.05 Å². The van der Waals surface area contributed by atoms with Crippen LogP contribution in [-0.2, 0) is 7.05 Å². The molecule has 0 bridgehead atoms. The Kier molecular flexibility index (Phi) is 2.69. The van der Waals surface area contributed by atoms with Crippen molar-refractivity contribution in [3.05, 3.63) is 29.0 Å². The lowest BCUT2D eigenvalue weighted by Crippen LogP contribution is -1.96. The standard InChI is InChI=1S/C13H14N2S/c1-8-9(2)13(16-4)11(7-14)12-10(8)5-6-15(12)3/h5-6H,1-4H3. The van der Waals surface area contributed by atoms with Crippen molar-refractivity contribution in [2.75, 3.05) is 6.26 Å². The third kappa shape index (κ3) is 1.34. The van der Waals surface area contributed by atoms with Gasteiger partial charge in [0.05, 0.1) is 11.1 Å². The maximum absolute atomic E-state index is 9.33. The molecule has 0 aliphatic rings. The van der Waals surface area contributed by atoms with Crippen LogP contribution < -0.4 is 0 Å². The van der Waals surface area contributed by atoms with Gasteiger partial charge in [-0.05, 0) is 37.3 Å². The molecule has 1 heterocycles. The summed E-state index contributed by atoms with van der Waals surface area (Å²) < 4.78 is 2.03. The molecular weight excluding hydrogens is 216 g/mol. The summed E-state index contributed by atoms with van der Waals surface area (Å²) in [5, 5.41) is 10.5. The molecule has 0 unspecified atom stereocenters. The number of nitriles is 1. The van der Waals surface area contributed by atoms with E-state index >= 15 is 0 Å². The van der Waals surface area contributed by atoms with Crippen LogP contribution in [0, 0.1) is 25.2 Å². The highest BCUT2D eigenvalue weighted by molar-refractivity contribution is 7.98. The van der Waals surface area contributed by atoms with Gasteiger partial charge in [0.2, 0.25) is 0 Å². The van der Waals surface area contributed by atoms with Crippen molar-refractivity contribution in [2.45, 2.75) is 18.7 Å². The third-order valence-corrected chi connectivity index (χ3v) is 4.08. The Balaban J connectivity index is 3.05. The summed E-state index contributed by atoms with van der Waals surface area (Å²) in [5.74, 6) is 0. The largest absolute Gasteiger partial charge is 0.349 e. The zero-order chi connectivity index (χ0) is 11.9. The van der Waals surface area contributed by atoms with Crippen molar-refractivity contribution in [1.29, 1.82) is 5.26 Å². The van der Waals surface area contributed by atoms with E-state index in [2.05, 4.69) is 26.0 Å². The van der Waals surface area contributed by atoms with E-state index in [1.54, 1.807) is 11.8 Å². The Morgan fingerprint density at radius 2 is 2.00 bits per heavy atom. The second kappa shape index (κ2) is 3.88. The first-order chi connectivity index (χ1) is 7.61. The zero-order valence-electron chi connectivity index (χ0n) is 9.96. The molecule has 0 saturated carbocycles. The van der Waals surface area contributed by atoms with Gasteiger partial charge in [-0.3, -0.25) is 0 Å². The number of nitrogens with zero attached hydrogens (tertiary/aromatic N) is 2. The van der Waals surface area contributed by atoms with E-state index < -0.39 is 0 Å². The molecule has 82 valence electrons. The van der Waals surface area contributed by atoms with Crippen molar-refractivity contribution >= 4 is 22.7 Å². The summed E-state index contributed by atoms with van der Waals surface area (Å²) in [7, 11) is 1.99. The summed E-state index contributed by atoms with van der Waals surface area (Å²) in [6.45, 7) is 4.22. The van der Waals surface area contributed by atoms with Crippen LogP contribution in [0.5, 0.6) is 0 Å². The molecule has 0 atom stereocenters. The van der Waals surface area contributed by atoms with Crippen molar-refractivity contribution in [1.82, 2.24) is 4.57 Å². The quantitative estimate of drug-likeness (QED) is 0.703. The topological polar surface area (TPSA) is 28.7 Å². The minimum atomic E-state index is 0.804. The van der Waals surface area contributed by atoms with E-state index in [9.17, 15) is 5.26 Å². The van der Waals surface area contributed by atoms with E-state index in [0.717, 1.165) is 16.0 Å². The Hall–Kier alpha value is -1.40. The van der Waals surface area contributed by atoms with Crippen molar-refractivity contribution in [3.8, 4) is 6.07 Å². The van der Waals surface area contributed by atoms with Crippen LogP contribution in [0.1, 0.15) is 16.7 Å². The highest BCUT2D eigenvalue weighted by atomic mass is 32.2. The summed E-state index contributed by atoms with van der Waals surface area (Å²) >= 11 is 1.65. The molecule has 16 heavy (non-hydrogen) atoms. The average Bonchev–Trinajstić information content (AvgIpc) is 2.66. The van der Waals surface area contributed by atoms with Crippen molar-refractivity contribution < 1.29 is 0 Å². The Labute approximate surface area is 99.9 Å². The van der Waals surface area contributed by atoms with Gasteiger partial charge in [0.1, 0.15) is 6.07 Å². The highest BCUT2D eigenvalue weighted by Gasteiger charge is 2.15. The molecule has 2 rings (SSSR count). The van der Waals surface area contributed by atoms with Crippen LogP contribution in [-0.4, -0.2) is 10.8 Å². The fourth-order valence-corrected chi connectivity index (χ4v) is 2.98. The lowest BCUT2D eigenvalue weighted by Gasteiger charge is -2.12. The SMILES string of the molecule is CSc1c(C)c(C)c2ccn(C)c2c1C#N. The molecule has 0 fully saturated rings. The monoisotopic (exact) mass is 230 g/mol. The first kappa shape index (κ1) is 11.1. The minimum Gasteiger partial charge on any atom is -0.349 e. The Morgan fingerprint density at radius 1 is 1.31 bits per heavy atom. The van der Waals surface area contributed by atoms with Gasteiger partial charge in [0, 0.05) is 23.5 Å². The van der Waals surface area contributed by atoms with E-state index in [0.29, 0.717) is 0 Å². The van der Waals surface area contributed by atoms with Crippen LogP contribution in [0.4, 0.5) is 0 Å². The predicted octanol–water partition coefficient (Wildman–Crippen LogP) is 3.39. The van der Waals surface area contributed by atoms with Crippen LogP contribution in [0.2, 0.25) is 0 Å². The van der Waals surface area contributed by atoms with Gasteiger partial charge in [0.25, 0.3) is 0 Å². The second-order valence-corrected chi connectivity index (χ2v) is 4.78. The molecule has 2 nitrogen and oxygen atoms in total. The normalized spacial score (nSPS) is 10.7. The molecule has 0 amide bonds. The van der Waals surface area contributed by atoms with E-state index in [4.69, 9.17) is 0 Å². The lowest BCUT2D eigenvalue weighted by molar-refractivity contribution is 0.963. The Morgan fingerprint density at radius 3 is 2.56 bits per heavy atom. The fourth-order valence-electron chi connectivity index (χ4n) is 2.17. The summed E-state index contributed by atoms with van der Waals surface area (Å²) in [6.07, 6.45) is 4.04. The predicted molar refractivity (Wildman–Crippen MR) is 68.9 cm³/mol. The first-order valence-corrected chi connectivity index (χ1v) is 6.36. The van der Waals surface area contributed by atoms with Gasteiger partial charge in [0.15, 0.2) is 0 Å². The lowest BCUT2D eigenvalue weighted by atomic mass is 10.0. The number of rotatable bonds is 1. The van der Waals surface area contributed by atoms with E-state index in [1.165, 1.54) is 16.5 Å². The molecule has 2 aromatic rings. The molecule has 0 aliphatic heterocycles. The van der Waals surface area contributed by atoms with Gasteiger partial charge >= 0.3 is 0 Å². The molecular formula is C13H14N2S. The molecule has 1 aromatic carbocycles. The van der Waals surface area contributed by atoms with Crippen LogP contribution in [0.25, 0.3) is 10.9 Å². The third-order valence-electron chi connectivity index (χ3n) is 3.16. The molecule has 0 spiro atoms. The van der Waals surface area contributed by atoms with Gasteiger partial charge in [-0.2, -0.15) is 5.26 Å². The number of benzene rings is 1. The molecule has 1 aromatic heterocycles. The van der Waals surface area contributed by atoms with Gasteiger partial charge in [-0.1, -0.05) is 0 Å². The summed E-state index contributed by atoms with van der Waals surface area (Å²) in [5.41, 5.74) is 4.36. The van der Waals surface area contributed by atoms with Crippen LogP contribution >= 0.6 is 11.8 Å². The number of aryl methyl sites for hydroxylation is 2. The minimum absolute atomic E-state index is 0.804. The molecule has 3 heteroatoms. The maximum Gasteiger partial charge on any atom is 0.103 e. The zero-order valence-corrected chi connectivity index (χ0v) is 10.8. The Bertz CT molecular complexity index is 603. The van der Waals surface area contributed by atoms with E-state index in [-0.39, 0.29) is 0 Å². The molecule has 0 saturated heterocycles. The van der Waals surface area contributed by atoms with Crippen LogP contribution in [0.3, 0.4) is 0 Å². The number of aromatic nitrogens is 1. The smallest absolute Gasteiger partial charge is 0.103 e. The number of hydrogen-bond donors (Lipinski definition) is 0. The van der Waals surface area contributed by atoms with Gasteiger partial charge < -0.3 is 4.57 Å². The van der Waals surface area contributed by atoms with E-state index in [1.807, 2.05) is 24.1 Å². The molecule has 0 N–H and O–H groups in total. The first-order valence-electron chi connectivity index (χ1n) is 5.14. The van der Waals surface area contributed by atoms with Gasteiger partial charge in [-0.25, -0.2) is 0 Å². The summed E-state index contributed by atoms with van der Waals surface area (Å²) in [6, 6.07) is 4.43.